The van der Waals surface area contributed by atoms with Crippen LogP contribution in [-0.2, 0) is 16.4 Å². The molecule has 0 saturated heterocycles. The molecule has 1 aliphatic rings. The number of carbonyl (C=O) groups is 1. The molecule has 1 aliphatic carbocycles. The van der Waals surface area contributed by atoms with Crippen molar-refractivity contribution in [2.75, 3.05) is 11.9 Å². The van der Waals surface area contributed by atoms with Crippen LogP contribution in [0.3, 0.4) is 0 Å². The Balaban J connectivity index is 1.72. The molecule has 4 rings (SSSR count). The largest absolute Gasteiger partial charge is 0.433 e. The Morgan fingerprint density at radius 3 is 2.52 bits per heavy atom. The number of rotatable bonds is 4. The molecule has 0 atom stereocenters. The molecule has 29 heavy (non-hydrogen) atoms. The molecule has 2 aromatic heterocycles. The van der Waals surface area contributed by atoms with Gasteiger partial charge in [-0.05, 0) is 36.4 Å². The van der Waals surface area contributed by atoms with Crippen LogP contribution < -0.4 is 5.32 Å². The lowest BCUT2D eigenvalue weighted by Gasteiger charge is -2.40. The summed E-state index contributed by atoms with van der Waals surface area (Å²) in [6.45, 7) is 0.153. The summed E-state index contributed by atoms with van der Waals surface area (Å²) in [6.07, 6.45) is -3.21. The van der Waals surface area contributed by atoms with Crippen molar-refractivity contribution in [2.45, 2.75) is 24.4 Å². The molecule has 9 heteroatoms. The van der Waals surface area contributed by atoms with E-state index in [1.165, 1.54) is 30.3 Å². The van der Waals surface area contributed by atoms with Gasteiger partial charge in [0.2, 0.25) is 0 Å². The summed E-state index contributed by atoms with van der Waals surface area (Å²) in [5, 5.41) is 3.81. The molecule has 0 spiro atoms. The van der Waals surface area contributed by atoms with E-state index >= 15 is 0 Å². The molecule has 4 nitrogen and oxygen atoms in total. The van der Waals surface area contributed by atoms with Gasteiger partial charge in [-0.25, -0.2) is 9.37 Å². The average Bonchev–Trinajstić information content (AvgIpc) is 2.64. The molecule has 0 amide bonds. The zero-order valence-electron chi connectivity index (χ0n) is 14.9. The number of Topliss-reactive ketones (excluding diaryl/α,β-unsaturated/α-hetero) is 1. The van der Waals surface area contributed by atoms with E-state index < -0.39 is 23.1 Å². The number of anilines is 1. The molecule has 1 N–H and O–H groups in total. The molecule has 2 heterocycles. The second-order valence-electron chi connectivity index (χ2n) is 7.10. The van der Waals surface area contributed by atoms with E-state index in [4.69, 9.17) is 11.6 Å². The van der Waals surface area contributed by atoms with E-state index in [0.29, 0.717) is 16.1 Å². The number of nitrogens with one attached hydrogen (secondary N) is 1. The van der Waals surface area contributed by atoms with Gasteiger partial charge in [0.15, 0.2) is 0 Å². The first-order chi connectivity index (χ1) is 13.7. The Bertz CT molecular complexity index is 1090. The number of aromatic nitrogens is 2. The van der Waals surface area contributed by atoms with Crippen molar-refractivity contribution < 1.29 is 22.4 Å². The second kappa shape index (κ2) is 6.95. The minimum atomic E-state index is -4.62. The molecule has 150 valence electrons. The van der Waals surface area contributed by atoms with Crippen LogP contribution in [0.2, 0.25) is 5.02 Å². The van der Waals surface area contributed by atoms with Gasteiger partial charge >= 0.3 is 6.18 Å². The number of pyridine rings is 2. The van der Waals surface area contributed by atoms with Crippen LogP contribution >= 0.6 is 11.6 Å². The van der Waals surface area contributed by atoms with Crippen LogP contribution in [-0.4, -0.2) is 22.3 Å². The van der Waals surface area contributed by atoms with Gasteiger partial charge in [0.1, 0.15) is 17.3 Å². The highest BCUT2D eigenvalue weighted by atomic mass is 35.5. The fourth-order valence-corrected chi connectivity index (χ4v) is 3.72. The molecule has 0 unspecified atom stereocenters. The summed E-state index contributed by atoms with van der Waals surface area (Å²) in [7, 11) is 0. The smallest absolute Gasteiger partial charge is 0.383 e. The summed E-state index contributed by atoms with van der Waals surface area (Å²) in [4.78, 5) is 19.5. The van der Waals surface area contributed by atoms with E-state index in [-0.39, 0.29) is 36.4 Å². The third-order valence-corrected chi connectivity index (χ3v) is 5.26. The molecular formula is C20H14ClF4N3O. The van der Waals surface area contributed by atoms with Gasteiger partial charge in [0.25, 0.3) is 0 Å². The van der Waals surface area contributed by atoms with Gasteiger partial charge in [-0.1, -0.05) is 11.6 Å². The minimum absolute atomic E-state index is 0.0107. The molecule has 1 fully saturated rings. The van der Waals surface area contributed by atoms with Gasteiger partial charge in [0.05, 0.1) is 11.7 Å². The summed E-state index contributed by atoms with van der Waals surface area (Å²) < 4.78 is 53.0. The predicted octanol–water partition coefficient (Wildman–Crippen LogP) is 5.15. The van der Waals surface area contributed by atoms with Crippen LogP contribution in [0.5, 0.6) is 0 Å². The summed E-state index contributed by atoms with van der Waals surface area (Å²) >= 11 is 6.01. The number of carbonyl (C=O) groups excluding carboxylic acids is 1. The van der Waals surface area contributed by atoms with Crippen molar-refractivity contribution in [2.24, 2.45) is 0 Å². The highest BCUT2D eigenvalue weighted by molar-refractivity contribution is 6.31. The lowest BCUT2D eigenvalue weighted by atomic mass is 9.65. The van der Waals surface area contributed by atoms with Crippen molar-refractivity contribution >= 4 is 34.0 Å². The number of nitrogens with zero attached hydrogens (tertiary/aromatic N) is 2. The fourth-order valence-electron chi connectivity index (χ4n) is 3.54. The Hall–Kier alpha value is -2.74. The standard InChI is InChI=1S/C20H14ClF4N3O/c21-11-1-3-15-14(5-11)16(6-18(28-15)20(23,24)25)27-10-19(7-13(29)8-19)17-4-2-12(22)9-26-17/h1-6,9H,7-8,10H2,(H,27,28). The molecular weight excluding hydrogens is 410 g/mol. The fraction of sp³-hybridized carbons (Fsp3) is 0.250. The maximum absolute atomic E-state index is 13.3. The quantitative estimate of drug-likeness (QED) is 0.589. The van der Waals surface area contributed by atoms with Crippen LogP contribution in [0.25, 0.3) is 10.9 Å². The lowest BCUT2D eigenvalue weighted by molar-refractivity contribution is -0.140. The first-order valence-corrected chi connectivity index (χ1v) is 9.09. The Morgan fingerprint density at radius 1 is 1.14 bits per heavy atom. The topological polar surface area (TPSA) is 54.9 Å². The lowest BCUT2D eigenvalue weighted by Crippen LogP contribution is -2.47. The highest BCUT2D eigenvalue weighted by Gasteiger charge is 2.46. The van der Waals surface area contributed by atoms with Crippen LogP contribution in [0.4, 0.5) is 23.2 Å². The van der Waals surface area contributed by atoms with Crippen LogP contribution in [0.1, 0.15) is 24.2 Å². The van der Waals surface area contributed by atoms with Crippen LogP contribution in [0, 0.1) is 5.82 Å². The maximum atomic E-state index is 13.3. The number of alkyl halides is 3. The summed E-state index contributed by atoms with van der Waals surface area (Å²) in [5.74, 6) is -0.497. The van der Waals surface area contributed by atoms with Gasteiger partial charge in [-0.3, -0.25) is 9.78 Å². The Labute approximate surface area is 167 Å². The minimum Gasteiger partial charge on any atom is -0.383 e. The normalized spacial score (nSPS) is 16.0. The molecule has 0 aliphatic heterocycles. The van der Waals surface area contributed by atoms with E-state index in [0.717, 1.165) is 12.3 Å². The first-order valence-electron chi connectivity index (χ1n) is 8.71. The third kappa shape index (κ3) is 3.76. The maximum Gasteiger partial charge on any atom is 0.433 e. The third-order valence-electron chi connectivity index (χ3n) is 5.02. The van der Waals surface area contributed by atoms with Crippen molar-refractivity contribution in [1.29, 1.82) is 0 Å². The zero-order valence-corrected chi connectivity index (χ0v) is 15.6. The molecule has 0 radical (unpaired) electrons. The Kier molecular flexibility index (Phi) is 4.69. The van der Waals surface area contributed by atoms with Crippen LogP contribution in [0.15, 0.2) is 42.6 Å². The summed E-state index contributed by atoms with van der Waals surface area (Å²) in [5.41, 5.74) is -0.889. The average molecular weight is 424 g/mol. The monoisotopic (exact) mass is 423 g/mol. The van der Waals surface area contributed by atoms with E-state index in [9.17, 15) is 22.4 Å². The van der Waals surface area contributed by atoms with Gasteiger partial charge in [-0.15, -0.1) is 0 Å². The molecule has 1 aromatic carbocycles. The molecule has 1 saturated carbocycles. The number of halogens is 5. The second-order valence-corrected chi connectivity index (χ2v) is 7.54. The van der Waals surface area contributed by atoms with E-state index in [1.54, 1.807) is 0 Å². The number of benzene rings is 1. The highest BCUT2D eigenvalue weighted by Crippen LogP contribution is 2.41. The van der Waals surface area contributed by atoms with E-state index in [1.807, 2.05) is 0 Å². The van der Waals surface area contributed by atoms with Gasteiger partial charge < -0.3 is 5.32 Å². The van der Waals surface area contributed by atoms with Crippen molar-refractivity contribution in [1.82, 2.24) is 9.97 Å². The van der Waals surface area contributed by atoms with Crippen molar-refractivity contribution in [3.05, 3.63) is 64.8 Å². The Morgan fingerprint density at radius 2 is 1.90 bits per heavy atom. The van der Waals surface area contributed by atoms with Gasteiger partial charge in [0, 0.05) is 46.6 Å². The van der Waals surface area contributed by atoms with Crippen molar-refractivity contribution in [3.63, 3.8) is 0 Å². The van der Waals surface area contributed by atoms with Gasteiger partial charge in [-0.2, -0.15) is 13.2 Å². The number of fused-ring (bicyclic) bond motifs is 1. The van der Waals surface area contributed by atoms with Crippen molar-refractivity contribution in [3.8, 4) is 0 Å². The van der Waals surface area contributed by atoms with E-state index in [2.05, 4.69) is 15.3 Å². The zero-order chi connectivity index (χ0) is 20.8. The number of hydrogen-bond donors (Lipinski definition) is 1. The first kappa shape index (κ1) is 19.6. The number of hydrogen-bond acceptors (Lipinski definition) is 4. The predicted molar refractivity (Wildman–Crippen MR) is 100 cm³/mol. The molecule has 3 aromatic rings. The SMILES string of the molecule is O=C1CC(CNc2cc(C(F)(F)F)nc3ccc(Cl)cc23)(c2ccc(F)cn2)C1. The number of ketones is 1. The summed E-state index contributed by atoms with van der Waals surface area (Å²) in [6, 6.07) is 8.08. The molecule has 0 bridgehead atoms.